The van der Waals surface area contributed by atoms with Crippen molar-refractivity contribution in [2.24, 2.45) is 17.3 Å². The first-order valence-electron chi connectivity index (χ1n) is 7.92. The Bertz CT molecular complexity index is 372. The van der Waals surface area contributed by atoms with E-state index in [4.69, 9.17) is 0 Å². The van der Waals surface area contributed by atoms with Gasteiger partial charge < -0.3 is 10.0 Å². The van der Waals surface area contributed by atoms with Gasteiger partial charge in [0.05, 0.1) is 5.41 Å². The highest BCUT2D eigenvalue weighted by Crippen LogP contribution is 2.35. The summed E-state index contributed by atoms with van der Waals surface area (Å²) in [6.45, 7) is 4.98. The van der Waals surface area contributed by atoms with Crippen LogP contribution in [-0.4, -0.2) is 35.0 Å². The maximum absolute atomic E-state index is 12.4. The van der Waals surface area contributed by atoms with Crippen molar-refractivity contribution in [2.45, 2.75) is 58.8 Å². The lowest BCUT2D eigenvalue weighted by Crippen LogP contribution is -2.47. The third kappa shape index (κ3) is 3.33. The van der Waals surface area contributed by atoms with Crippen LogP contribution in [0.3, 0.4) is 0 Å². The van der Waals surface area contributed by atoms with Gasteiger partial charge in [0.25, 0.3) is 0 Å². The number of amides is 1. The van der Waals surface area contributed by atoms with Gasteiger partial charge in [0.15, 0.2) is 0 Å². The zero-order chi connectivity index (χ0) is 14.8. The number of nitrogens with zero attached hydrogens (tertiary/aromatic N) is 1. The number of rotatable bonds is 4. The van der Waals surface area contributed by atoms with E-state index < -0.39 is 11.4 Å². The van der Waals surface area contributed by atoms with E-state index in [1.807, 2.05) is 4.90 Å². The van der Waals surface area contributed by atoms with Crippen molar-refractivity contribution in [1.29, 1.82) is 0 Å². The van der Waals surface area contributed by atoms with Crippen molar-refractivity contribution in [1.82, 2.24) is 4.90 Å². The molecule has 2 aliphatic rings. The van der Waals surface area contributed by atoms with Gasteiger partial charge >= 0.3 is 5.97 Å². The molecule has 1 atom stereocenters. The Kier molecular flexibility index (Phi) is 4.71. The second-order valence-corrected chi connectivity index (χ2v) is 7.06. The Labute approximate surface area is 121 Å². The van der Waals surface area contributed by atoms with Gasteiger partial charge in [-0.3, -0.25) is 9.59 Å². The van der Waals surface area contributed by atoms with Gasteiger partial charge in [-0.1, -0.05) is 12.8 Å². The van der Waals surface area contributed by atoms with E-state index in [0.717, 1.165) is 19.4 Å². The van der Waals surface area contributed by atoms with Crippen molar-refractivity contribution in [3.8, 4) is 0 Å². The molecular weight excluding hydrogens is 254 g/mol. The molecule has 1 saturated heterocycles. The number of piperidine rings is 1. The predicted molar refractivity (Wildman–Crippen MR) is 77.3 cm³/mol. The first kappa shape index (κ1) is 15.3. The number of likely N-dealkylation sites (tertiary alicyclic amines) is 1. The van der Waals surface area contributed by atoms with Gasteiger partial charge in [-0.2, -0.15) is 0 Å². The van der Waals surface area contributed by atoms with Crippen LogP contribution in [0.15, 0.2) is 0 Å². The largest absolute Gasteiger partial charge is 0.481 e. The minimum Gasteiger partial charge on any atom is -0.481 e. The van der Waals surface area contributed by atoms with Crippen LogP contribution < -0.4 is 0 Å². The Morgan fingerprint density at radius 1 is 1.15 bits per heavy atom. The molecule has 0 radical (unpaired) electrons. The summed E-state index contributed by atoms with van der Waals surface area (Å²) in [5, 5.41) is 9.34. The van der Waals surface area contributed by atoms with Crippen molar-refractivity contribution < 1.29 is 14.7 Å². The maximum Gasteiger partial charge on any atom is 0.309 e. The first-order valence-corrected chi connectivity index (χ1v) is 7.92. The summed E-state index contributed by atoms with van der Waals surface area (Å²) < 4.78 is 0. The summed E-state index contributed by atoms with van der Waals surface area (Å²) in [5.41, 5.74) is -0.744. The van der Waals surface area contributed by atoms with Crippen molar-refractivity contribution in [3.05, 3.63) is 0 Å². The normalized spacial score (nSPS) is 24.9. The summed E-state index contributed by atoms with van der Waals surface area (Å²) in [6, 6.07) is 0. The second kappa shape index (κ2) is 6.15. The van der Waals surface area contributed by atoms with Crippen LogP contribution in [0.4, 0.5) is 0 Å². The van der Waals surface area contributed by atoms with Crippen LogP contribution in [0.25, 0.3) is 0 Å². The van der Waals surface area contributed by atoms with Gasteiger partial charge in [0.2, 0.25) is 5.91 Å². The average molecular weight is 281 g/mol. The average Bonchev–Trinajstić information content (AvgIpc) is 2.91. The summed E-state index contributed by atoms with van der Waals surface area (Å²) in [7, 11) is 0. The minimum absolute atomic E-state index is 0.0706. The monoisotopic (exact) mass is 281 g/mol. The molecule has 1 aliphatic carbocycles. The van der Waals surface area contributed by atoms with Crippen molar-refractivity contribution in [2.75, 3.05) is 13.1 Å². The Balaban J connectivity index is 1.92. The molecule has 1 aliphatic heterocycles. The molecule has 0 aromatic heterocycles. The molecule has 1 saturated carbocycles. The standard InChI is InChI=1S/C16H27NO3/c1-16(2,15(19)20)13-8-5-9-17(11-13)14(18)10-12-6-3-4-7-12/h12-13H,3-11H2,1-2H3,(H,19,20). The van der Waals surface area contributed by atoms with Crippen LogP contribution in [0.1, 0.15) is 58.8 Å². The Morgan fingerprint density at radius 3 is 2.40 bits per heavy atom. The quantitative estimate of drug-likeness (QED) is 0.862. The molecule has 4 nitrogen and oxygen atoms in total. The van der Waals surface area contributed by atoms with E-state index in [2.05, 4.69) is 0 Å². The predicted octanol–water partition coefficient (Wildman–Crippen LogP) is 2.92. The van der Waals surface area contributed by atoms with Crippen LogP contribution >= 0.6 is 0 Å². The van der Waals surface area contributed by atoms with E-state index >= 15 is 0 Å². The molecule has 0 spiro atoms. The molecule has 4 heteroatoms. The van der Waals surface area contributed by atoms with Crippen molar-refractivity contribution >= 4 is 11.9 Å². The van der Waals surface area contributed by atoms with E-state index in [9.17, 15) is 14.7 Å². The van der Waals surface area contributed by atoms with E-state index in [-0.39, 0.29) is 11.8 Å². The van der Waals surface area contributed by atoms with E-state index in [1.54, 1.807) is 13.8 Å². The number of carboxylic acid groups (broad SMARTS) is 1. The Morgan fingerprint density at radius 2 is 1.80 bits per heavy atom. The molecule has 0 bridgehead atoms. The highest BCUT2D eigenvalue weighted by molar-refractivity contribution is 5.77. The summed E-state index contributed by atoms with van der Waals surface area (Å²) in [4.78, 5) is 25.7. The number of hydrogen-bond acceptors (Lipinski definition) is 2. The number of aliphatic carboxylic acids is 1. The van der Waals surface area contributed by atoms with Crippen LogP contribution in [0.2, 0.25) is 0 Å². The highest BCUT2D eigenvalue weighted by atomic mass is 16.4. The van der Waals surface area contributed by atoms with Gasteiger partial charge in [0.1, 0.15) is 0 Å². The van der Waals surface area contributed by atoms with Gasteiger partial charge in [0, 0.05) is 19.5 Å². The van der Waals surface area contributed by atoms with E-state index in [1.165, 1.54) is 25.7 Å². The highest BCUT2D eigenvalue weighted by Gasteiger charge is 2.40. The fourth-order valence-electron chi connectivity index (χ4n) is 3.56. The van der Waals surface area contributed by atoms with Gasteiger partial charge in [-0.25, -0.2) is 0 Å². The molecule has 0 aromatic carbocycles. The third-order valence-corrected chi connectivity index (χ3v) is 5.28. The lowest BCUT2D eigenvalue weighted by atomic mass is 9.74. The smallest absolute Gasteiger partial charge is 0.309 e. The minimum atomic E-state index is -0.757. The topological polar surface area (TPSA) is 57.6 Å². The summed E-state index contributed by atoms with van der Waals surface area (Å²) >= 11 is 0. The molecule has 2 rings (SSSR count). The molecule has 1 N–H and O–H groups in total. The number of carbonyl (C=O) groups is 2. The van der Waals surface area contributed by atoms with Gasteiger partial charge in [-0.05, 0) is 51.4 Å². The molecule has 1 unspecified atom stereocenters. The Hall–Kier alpha value is -1.06. The maximum atomic E-state index is 12.4. The lowest BCUT2D eigenvalue weighted by molar-refractivity contribution is -0.153. The third-order valence-electron chi connectivity index (χ3n) is 5.28. The summed E-state index contributed by atoms with van der Waals surface area (Å²) in [5.74, 6) is 0.118. The van der Waals surface area contributed by atoms with E-state index in [0.29, 0.717) is 18.9 Å². The number of carboxylic acids is 1. The summed E-state index contributed by atoms with van der Waals surface area (Å²) in [6.07, 6.45) is 7.39. The van der Waals surface area contributed by atoms with Crippen LogP contribution in [-0.2, 0) is 9.59 Å². The zero-order valence-electron chi connectivity index (χ0n) is 12.7. The molecule has 0 aromatic rings. The molecular formula is C16H27NO3. The first-order chi connectivity index (χ1) is 9.41. The van der Waals surface area contributed by atoms with Crippen LogP contribution in [0, 0.1) is 17.3 Å². The zero-order valence-corrected chi connectivity index (χ0v) is 12.7. The fourth-order valence-corrected chi connectivity index (χ4v) is 3.56. The SMILES string of the molecule is CC(C)(C(=O)O)C1CCCN(C(=O)CC2CCCC2)C1. The molecule has 20 heavy (non-hydrogen) atoms. The number of carbonyl (C=O) groups excluding carboxylic acids is 1. The van der Waals surface area contributed by atoms with Crippen molar-refractivity contribution in [3.63, 3.8) is 0 Å². The molecule has 114 valence electrons. The lowest BCUT2D eigenvalue weighted by Gasteiger charge is -2.39. The van der Waals surface area contributed by atoms with Crippen LogP contribution in [0.5, 0.6) is 0 Å². The molecule has 2 fully saturated rings. The number of hydrogen-bond donors (Lipinski definition) is 1. The molecule has 1 amide bonds. The second-order valence-electron chi connectivity index (χ2n) is 7.06. The molecule has 1 heterocycles. The van der Waals surface area contributed by atoms with Gasteiger partial charge in [-0.15, -0.1) is 0 Å². The fraction of sp³-hybridized carbons (Fsp3) is 0.875.